The number of hydrogen-bond acceptors (Lipinski definition) is 3. The van der Waals surface area contributed by atoms with Crippen LogP contribution in [0.3, 0.4) is 0 Å². The molecule has 0 radical (unpaired) electrons. The van der Waals surface area contributed by atoms with E-state index < -0.39 is 0 Å². The lowest BCUT2D eigenvalue weighted by Crippen LogP contribution is -2.15. The Labute approximate surface area is 228 Å². The lowest BCUT2D eigenvalue weighted by Gasteiger charge is -2.28. The molecular weight excluding hydrogens is 452 g/mol. The lowest BCUT2D eigenvalue weighted by molar-refractivity contribution is 0.248. The van der Waals surface area contributed by atoms with Gasteiger partial charge in [-0.15, -0.1) is 0 Å². The van der Waals surface area contributed by atoms with E-state index in [1.807, 2.05) is 6.20 Å². The number of unbranched alkanes of at least 4 members (excludes halogenated alkanes) is 10. The first-order valence-electron chi connectivity index (χ1n) is 15.8. The van der Waals surface area contributed by atoms with Gasteiger partial charge in [0.2, 0.25) is 0 Å². The van der Waals surface area contributed by atoms with E-state index in [2.05, 4.69) is 43.1 Å². The molecule has 0 saturated heterocycles. The van der Waals surface area contributed by atoms with E-state index in [0.29, 0.717) is 0 Å². The van der Waals surface area contributed by atoms with Crippen LogP contribution in [0.15, 0.2) is 36.8 Å². The normalized spacial score (nSPS) is 17.7. The molecule has 0 bridgehead atoms. The molecular formula is C34H54N2O. The highest BCUT2D eigenvalue weighted by atomic mass is 16.5. The molecule has 37 heavy (non-hydrogen) atoms. The van der Waals surface area contributed by atoms with Crippen LogP contribution in [0.4, 0.5) is 0 Å². The Morgan fingerprint density at radius 1 is 0.730 bits per heavy atom. The summed E-state index contributed by atoms with van der Waals surface area (Å²) in [5, 5.41) is 0. The van der Waals surface area contributed by atoms with E-state index in [-0.39, 0.29) is 0 Å². The molecule has 1 aromatic carbocycles. The smallest absolute Gasteiger partial charge is 0.128 e. The number of benzene rings is 1. The van der Waals surface area contributed by atoms with E-state index in [9.17, 15) is 0 Å². The molecule has 0 aliphatic heterocycles. The molecule has 3 rings (SSSR count). The predicted octanol–water partition coefficient (Wildman–Crippen LogP) is 10.4. The van der Waals surface area contributed by atoms with Gasteiger partial charge in [0.25, 0.3) is 0 Å². The maximum absolute atomic E-state index is 6.24. The molecule has 0 unspecified atom stereocenters. The van der Waals surface area contributed by atoms with Crippen molar-refractivity contribution in [1.29, 1.82) is 0 Å². The molecule has 1 saturated carbocycles. The Balaban J connectivity index is 1.42. The first-order chi connectivity index (χ1) is 18.3. The molecule has 1 fully saturated rings. The Morgan fingerprint density at radius 2 is 1.35 bits per heavy atom. The van der Waals surface area contributed by atoms with E-state index in [4.69, 9.17) is 9.72 Å². The van der Waals surface area contributed by atoms with Gasteiger partial charge in [-0.25, -0.2) is 9.97 Å². The predicted molar refractivity (Wildman–Crippen MR) is 158 cm³/mol. The van der Waals surface area contributed by atoms with Crippen molar-refractivity contribution in [1.82, 2.24) is 9.97 Å². The van der Waals surface area contributed by atoms with Crippen molar-refractivity contribution in [2.75, 3.05) is 6.61 Å². The minimum Gasteiger partial charge on any atom is -0.493 e. The first-order valence-corrected chi connectivity index (χ1v) is 15.8. The van der Waals surface area contributed by atoms with Crippen LogP contribution in [0.2, 0.25) is 0 Å². The van der Waals surface area contributed by atoms with E-state index in [1.165, 1.54) is 115 Å². The fourth-order valence-corrected chi connectivity index (χ4v) is 6.02. The molecule has 0 atom stereocenters. The summed E-state index contributed by atoms with van der Waals surface area (Å²) in [7, 11) is 0. The highest BCUT2D eigenvalue weighted by Crippen LogP contribution is 2.36. The number of rotatable bonds is 19. The summed E-state index contributed by atoms with van der Waals surface area (Å²) in [6.07, 6.45) is 29.5. The number of nitrogens with zero attached hydrogens (tertiary/aromatic N) is 2. The number of para-hydroxylation sites is 1. The molecule has 206 valence electrons. The fraction of sp³-hybridized carbons (Fsp3) is 0.706. The SMILES string of the molecule is CCCCCCCCCC1CCC(CCc2cncnc2-c2ccccc2OCCCCCCC)CC1. The first kappa shape index (κ1) is 29.7. The van der Waals surface area contributed by atoms with Crippen LogP contribution in [0.25, 0.3) is 11.3 Å². The summed E-state index contributed by atoms with van der Waals surface area (Å²) in [6.45, 7) is 5.34. The second-order valence-electron chi connectivity index (χ2n) is 11.5. The largest absolute Gasteiger partial charge is 0.493 e. The van der Waals surface area contributed by atoms with Crippen molar-refractivity contribution in [3.63, 3.8) is 0 Å². The highest BCUT2D eigenvalue weighted by Gasteiger charge is 2.21. The third kappa shape index (κ3) is 11.2. The molecule has 0 spiro atoms. The zero-order chi connectivity index (χ0) is 26.0. The zero-order valence-electron chi connectivity index (χ0n) is 24.1. The molecule has 2 aromatic rings. The third-order valence-electron chi connectivity index (χ3n) is 8.44. The van der Waals surface area contributed by atoms with Crippen LogP contribution in [-0.4, -0.2) is 16.6 Å². The second kappa shape index (κ2) is 18.4. The van der Waals surface area contributed by atoms with Crippen molar-refractivity contribution >= 4 is 0 Å². The van der Waals surface area contributed by atoms with Crippen molar-refractivity contribution in [2.45, 2.75) is 136 Å². The Hall–Kier alpha value is -1.90. The van der Waals surface area contributed by atoms with Crippen LogP contribution in [0.5, 0.6) is 5.75 Å². The Morgan fingerprint density at radius 3 is 2.08 bits per heavy atom. The monoisotopic (exact) mass is 506 g/mol. The van der Waals surface area contributed by atoms with Gasteiger partial charge in [-0.05, 0) is 48.8 Å². The van der Waals surface area contributed by atoms with Crippen molar-refractivity contribution in [3.8, 4) is 17.0 Å². The minimum absolute atomic E-state index is 0.781. The third-order valence-corrected chi connectivity index (χ3v) is 8.44. The van der Waals surface area contributed by atoms with Gasteiger partial charge in [0.15, 0.2) is 0 Å². The number of ether oxygens (including phenoxy) is 1. The summed E-state index contributed by atoms with van der Waals surface area (Å²) >= 11 is 0. The average Bonchev–Trinajstić information content (AvgIpc) is 2.94. The zero-order valence-corrected chi connectivity index (χ0v) is 24.1. The van der Waals surface area contributed by atoms with Gasteiger partial charge < -0.3 is 4.74 Å². The summed E-state index contributed by atoms with van der Waals surface area (Å²) in [6, 6.07) is 8.43. The maximum atomic E-state index is 6.24. The molecule has 3 nitrogen and oxygen atoms in total. The van der Waals surface area contributed by atoms with Crippen LogP contribution in [-0.2, 0) is 6.42 Å². The van der Waals surface area contributed by atoms with Gasteiger partial charge in [-0.1, -0.05) is 129 Å². The molecule has 1 aromatic heterocycles. The van der Waals surface area contributed by atoms with Gasteiger partial charge in [0.1, 0.15) is 12.1 Å². The minimum atomic E-state index is 0.781. The molecule has 0 N–H and O–H groups in total. The van der Waals surface area contributed by atoms with E-state index >= 15 is 0 Å². The van der Waals surface area contributed by atoms with Crippen LogP contribution in [0, 0.1) is 11.8 Å². The van der Waals surface area contributed by atoms with Crippen molar-refractivity contribution in [3.05, 3.63) is 42.4 Å². The quantitative estimate of drug-likeness (QED) is 0.178. The number of aryl methyl sites for hydroxylation is 1. The number of hydrogen-bond donors (Lipinski definition) is 0. The molecule has 1 aliphatic rings. The molecule has 0 amide bonds. The topological polar surface area (TPSA) is 35.0 Å². The summed E-state index contributed by atoms with van der Waals surface area (Å²) in [5.74, 6) is 2.80. The second-order valence-corrected chi connectivity index (χ2v) is 11.5. The maximum Gasteiger partial charge on any atom is 0.128 e. The van der Waals surface area contributed by atoms with Crippen molar-refractivity contribution < 1.29 is 4.74 Å². The fourth-order valence-electron chi connectivity index (χ4n) is 6.02. The summed E-state index contributed by atoms with van der Waals surface area (Å²) < 4.78 is 6.24. The average molecular weight is 507 g/mol. The van der Waals surface area contributed by atoms with Crippen LogP contribution >= 0.6 is 0 Å². The van der Waals surface area contributed by atoms with Gasteiger partial charge in [0.05, 0.1) is 12.3 Å². The van der Waals surface area contributed by atoms with Gasteiger partial charge >= 0.3 is 0 Å². The highest BCUT2D eigenvalue weighted by molar-refractivity contribution is 5.69. The van der Waals surface area contributed by atoms with Gasteiger partial charge in [-0.3, -0.25) is 0 Å². The Kier molecular flexibility index (Phi) is 14.7. The van der Waals surface area contributed by atoms with E-state index in [0.717, 1.165) is 48.3 Å². The standard InChI is InChI=1S/C34H54N2O/c1-3-5-7-9-10-11-13-17-29-20-22-30(23-21-29)24-25-31-27-35-28-36-34(31)32-18-14-15-19-33(32)37-26-16-12-8-6-4-2/h14-15,18-19,27-30H,3-13,16-17,20-26H2,1-2H3. The Bertz CT molecular complexity index is 843. The molecule has 3 heteroatoms. The van der Waals surface area contributed by atoms with E-state index in [1.54, 1.807) is 6.33 Å². The number of aromatic nitrogens is 2. The lowest BCUT2D eigenvalue weighted by atomic mass is 9.77. The van der Waals surface area contributed by atoms with Gasteiger partial charge in [-0.2, -0.15) is 0 Å². The summed E-state index contributed by atoms with van der Waals surface area (Å²) in [5.41, 5.74) is 3.45. The van der Waals surface area contributed by atoms with Crippen molar-refractivity contribution in [2.24, 2.45) is 11.8 Å². The summed E-state index contributed by atoms with van der Waals surface area (Å²) in [4.78, 5) is 9.12. The van der Waals surface area contributed by atoms with Gasteiger partial charge in [0, 0.05) is 11.8 Å². The van der Waals surface area contributed by atoms with Crippen LogP contribution < -0.4 is 4.74 Å². The molecule has 1 heterocycles. The van der Waals surface area contributed by atoms with Crippen LogP contribution in [0.1, 0.15) is 135 Å². The molecule has 1 aliphatic carbocycles.